The maximum atomic E-state index is 13.4. The summed E-state index contributed by atoms with van der Waals surface area (Å²) in [5.74, 6) is -2.46. The van der Waals surface area contributed by atoms with Crippen LogP contribution >= 0.6 is 11.8 Å². The lowest BCUT2D eigenvalue weighted by molar-refractivity contribution is -0.142. The van der Waals surface area contributed by atoms with Crippen LogP contribution in [0.1, 0.15) is 52.5 Å². The molecule has 6 atom stereocenters. The third kappa shape index (κ3) is 8.99. The molecule has 0 saturated heterocycles. The highest BCUT2D eigenvalue weighted by Gasteiger charge is 2.34. The molecule has 0 aliphatic heterocycles. The van der Waals surface area contributed by atoms with Gasteiger partial charge in [0, 0.05) is 23.5 Å². The molecule has 1 heterocycles. The Morgan fingerprint density at radius 3 is 2.08 bits per heavy atom. The van der Waals surface area contributed by atoms with Gasteiger partial charge in [-0.3, -0.25) is 14.4 Å². The predicted octanol–water partition coefficient (Wildman–Crippen LogP) is 2.42. The minimum absolute atomic E-state index is 0.0751. The molecule has 0 fully saturated rings. The number of benzene rings is 1. The van der Waals surface area contributed by atoms with E-state index in [-0.39, 0.29) is 18.3 Å². The minimum Gasteiger partial charge on any atom is -0.480 e. The van der Waals surface area contributed by atoms with E-state index in [0.717, 1.165) is 16.5 Å². The van der Waals surface area contributed by atoms with E-state index in [9.17, 15) is 24.3 Å². The van der Waals surface area contributed by atoms with Gasteiger partial charge in [0.25, 0.3) is 0 Å². The Balaban J connectivity index is 2.19. The Bertz CT molecular complexity index is 1120. The number of hydrogen-bond acceptors (Lipinski definition) is 6. The number of nitrogens with one attached hydrogen (secondary N) is 4. The van der Waals surface area contributed by atoms with Crippen LogP contribution in [0.25, 0.3) is 10.9 Å². The smallest absolute Gasteiger partial charge is 0.326 e. The zero-order valence-corrected chi connectivity index (χ0v) is 24.3. The number of amides is 3. The van der Waals surface area contributed by atoms with Gasteiger partial charge >= 0.3 is 5.97 Å². The summed E-state index contributed by atoms with van der Waals surface area (Å²) in [6, 6.07) is 3.72. The Labute approximate surface area is 234 Å². The average Bonchev–Trinajstić information content (AvgIpc) is 3.34. The summed E-state index contributed by atoms with van der Waals surface area (Å²) >= 11 is 1.58. The third-order valence-electron chi connectivity index (χ3n) is 7.27. The number of aliphatic carboxylic acids is 1. The second-order valence-electron chi connectivity index (χ2n) is 10.1. The van der Waals surface area contributed by atoms with Crippen LogP contribution in [0.4, 0.5) is 0 Å². The van der Waals surface area contributed by atoms with Gasteiger partial charge in [0.1, 0.15) is 18.1 Å². The van der Waals surface area contributed by atoms with Gasteiger partial charge in [0.2, 0.25) is 17.7 Å². The summed E-state index contributed by atoms with van der Waals surface area (Å²) < 4.78 is 0. The topological polar surface area (TPSA) is 166 Å². The molecule has 1 aromatic carbocycles. The number of hydrogen-bond donors (Lipinski definition) is 6. The Morgan fingerprint density at radius 1 is 0.949 bits per heavy atom. The van der Waals surface area contributed by atoms with Crippen molar-refractivity contribution in [2.24, 2.45) is 17.6 Å². The molecule has 10 nitrogen and oxygen atoms in total. The van der Waals surface area contributed by atoms with Gasteiger partial charge in [-0.25, -0.2) is 4.79 Å². The lowest BCUT2D eigenvalue weighted by Gasteiger charge is -2.30. The van der Waals surface area contributed by atoms with Gasteiger partial charge in [-0.1, -0.05) is 58.7 Å². The number of carboxylic acid groups (broad SMARTS) is 1. The summed E-state index contributed by atoms with van der Waals surface area (Å²) in [4.78, 5) is 54.7. The monoisotopic (exact) mass is 561 g/mol. The largest absolute Gasteiger partial charge is 0.480 e. The first-order valence-corrected chi connectivity index (χ1v) is 14.9. The average molecular weight is 562 g/mol. The lowest BCUT2D eigenvalue weighted by atomic mass is 9.94. The molecule has 0 spiro atoms. The van der Waals surface area contributed by atoms with Crippen molar-refractivity contribution >= 4 is 46.4 Å². The molecule has 2 aromatic rings. The molecule has 11 heteroatoms. The molecule has 0 saturated carbocycles. The molecule has 1 aromatic heterocycles. The molecule has 0 bridgehead atoms. The summed E-state index contributed by atoms with van der Waals surface area (Å²) in [5, 5.41) is 19.0. The molecule has 2 rings (SSSR count). The van der Waals surface area contributed by atoms with E-state index in [2.05, 4.69) is 20.9 Å². The number of para-hydroxylation sites is 1. The number of aromatic nitrogens is 1. The van der Waals surface area contributed by atoms with Crippen LogP contribution in [-0.4, -0.2) is 70.0 Å². The van der Waals surface area contributed by atoms with E-state index >= 15 is 0 Å². The van der Waals surface area contributed by atoms with E-state index in [1.54, 1.807) is 18.0 Å². The molecule has 39 heavy (non-hydrogen) atoms. The van der Waals surface area contributed by atoms with E-state index in [4.69, 9.17) is 5.73 Å². The molecule has 3 amide bonds. The van der Waals surface area contributed by atoms with E-state index < -0.39 is 47.9 Å². The highest BCUT2D eigenvalue weighted by Crippen LogP contribution is 2.20. The number of H-pyrrole nitrogens is 1. The van der Waals surface area contributed by atoms with Gasteiger partial charge in [-0.2, -0.15) is 11.8 Å². The van der Waals surface area contributed by atoms with Crippen LogP contribution in [0.15, 0.2) is 30.5 Å². The van der Waals surface area contributed by atoms with Gasteiger partial charge in [-0.15, -0.1) is 0 Å². The molecule has 0 aliphatic carbocycles. The Hall–Kier alpha value is -3.05. The summed E-state index contributed by atoms with van der Waals surface area (Å²) in [7, 11) is 0. The maximum absolute atomic E-state index is 13.4. The van der Waals surface area contributed by atoms with Crippen LogP contribution < -0.4 is 21.7 Å². The van der Waals surface area contributed by atoms with Crippen LogP contribution in [0.2, 0.25) is 0 Å². The van der Waals surface area contributed by atoms with Gasteiger partial charge in [-0.05, 0) is 41.9 Å². The van der Waals surface area contributed by atoms with Crippen molar-refractivity contribution in [3.05, 3.63) is 36.0 Å². The van der Waals surface area contributed by atoms with Crippen molar-refractivity contribution in [1.82, 2.24) is 20.9 Å². The number of carboxylic acids is 1. The molecule has 6 unspecified atom stereocenters. The van der Waals surface area contributed by atoms with Crippen LogP contribution in [-0.2, 0) is 25.6 Å². The second kappa shape index (κ2) is 15.5. The first-order valence-electron chi connectivity index (χ1n) is 13.5. The number of rotatable bonds is 16. The van der Waals surface area contributed by atoms with Crippen molar-refractivity contribution in [3.63, 3.8) is 0 Å². The quantitative estimate of drug-likeness (QED) is 0.183. The normalized spacial score (nSPS) is 15.9. The minimum atomic E-state index is -1.19. The van der Waals surface area contributed by atoms with Crippen molar-refractivity contribution in [3.8, 4) is 0 Å². The molecular weight excluding hydrogens is 518 g/mol. The Kier molecular flexibility index (Phi) is 12.8. The number of carbonyl (C=O) groups excluding carboxylic acids is 3. The molecule has 216 valence electrons. The number of aromatic amines is 1. The molecule has 0 radical (unpaired) electrons. The predicted molar refractivity (Wildman–Crippen MR) is 155 cm³/mol. The van der Waals surface area contributed by atoms with E-state index in [0.29, 0.717) is 25.0 Å². The van der Waals surface area contributed by atoms with Crippen molar-refractivity contribution < 1.29 is 24.3 Å². The number of thioether (sulfide) groups is 1. The first-order chi connectivity index (χ1) is 18.5. The van der Waals surface area contributed by atoms with Crippen LogP contribution in [0, 0.1) is 11.8 Å². The van der Waals surface area contributed by atoms with Crippen molar-refractivity contribution in [2.45, 2.75) is 77.5 Å². The first kappa shape index (κ1) is 32.2. The van der Waals surface area contributed by atoms with Gasteiger partial charge < -0.3 is 31.8 Å². The second-order valence-corrected chi connectivity index (χ2v) is 11.1. The summed E-state index contributed by atoms with van der Waals surface area (Å²) in [6.07, 6.45) is 5.40. The van der Waals surface area contributed by atoms with Gasteiger partial charge in [0.15, 0.2) is 0 Å². The zero-order chi connectivity index (χ0) is 29.1. The standard InChI is InChI=1S/C28H43N5O5S/c1-6-16(3)23(33-27(36)24(17(4)7-2)32-25(34)20(29)12-13-39-5)26(35)31-22(28(37)38)14-18-15-30-21-11-9-8-10-19(18)21/h8-11,15-17,20,22-24,30H,6-7,12-14,29H2,1-5H3,(H,31,35)(H,32,34)(H,33,36)(H,37,38). The highest BCUT2D eigenvalue weighted by molar-refractivity contribution is 7.98. The van der Waals surface area contributed by atoms with E-state index in [1.165, 1.54) is 0 Å². The maximum Gasteiger partial charge on any atom is 0.326 e. The molecule has 7 N–H and O–H groups in total. The molecular formula is C28H43N5O5S. The fourth-order valence-electron chi connectivity index (χ4n) is 4.27. The fraction of sp³-hybridized carbons (Fsp3) is 0.571. The van der Waals surface area contributed by atoms with Gasteiger partial charge in [0.05, 0.1) is 6.04 Å². The lowest BCUT2D eigenvalue weighted by Crippen LogP contribution is -2.60. The van der Waals surface area contributed by atoms with E-state index in [1.807, 2.05) is 58.2 Å². The Morgan fingerprint density at radius 2 is 1.51 bits per heavy atom. The van der Waals surface area contributed by atoms with Crippen LogP contribution in [0.3, 0.4) is 0 Å². The molecule has 0 aliphatic rings. The highest BCUT2D eigenvalue weighted by atomic mass is 32.2. The number of fused-ring (bicyclic) bond motifs is 1. The summed E-state index contributed by atoms with van der Waals surface area (Å²) in [5.41, 5.74) is 7.64. The third-order valence-corrected chi connectivity index (χ3v) is 7.91. The SMILES string of the molecule is CCC(C)C(NC(=O)C(N)CCSC)C(=O)NC(C(=O)NC(Cc1c[nH]c2ccccc12)C(=O)O)C(C)CC. The van der Waals surface area contributed by atoms with Crippen molar-refractivity contribution in [2.75, 3.05) is 12.0 Å². The number of carbonyl (C=O) groups is 4. The van der Waals surface area contributed by atoms with Crippen LogP contribution in [0.5, 0.6) is 0 Å². The fourth-order valence-corrected chi connectivity index (χ4v) is 4.75. The van der Waals surface area contributed by atoms with Crippen molar-refractivity contribution in [1.29, 1.82) is 0 Å². The number of nitrogens with two attached hydrogens (primary N) is 1. The zero-order valence-electron chi connectivity index (χ0n) is 23.5. The summed E-state index contributed by atoms with van der Waals surface area (Å²) in [6.45, 7) is 7.45.